The van der Waals surface area contributed by atoms with Crippen LogP contribution in [0.25, 0.3) is 0 Å². The fraction of sp³-hybridized carbons (Fsp3) is 0.500. The number of anilines is 1. The second-order valence-electron chi connectivity index (χ2n) is 13.0. The van der Waals surface area contributed by atoms with Crippen LogP contribution in [0.5, 0.6) is 5.75 Å². The number of pyridine rings is 1. The molecule has 1 N–H and O–H groups in total. The van der Waals surface area contributed by atoms with Crippen molar-refractivity contribution in [3.63, 3.8) is 0 Å². The molecule has 240 valence electrons. The highest BCUT2D eigenvalue weighted by atomic mass is 35.5. The molecule has 3 aliphatic carbocycles. The van der Waals surface area contributed by atoms with Crippen molar-refractivity contribution in [1.82, 2.24) is 4.98 Å². The van der Waals surface area contributed by atoms with E-state index in [4.69, 9.17) is 25.8 Å². The second-order valence-corrected chi connectivity index (χ2v) is 13.5. The smallest absolute Gasteiger partial charge is 0.345 e. The van der Waals surface area contributed by atoms with Crippen LogP contribution < -0.4 is 10.1 Å². The molecule has 3 atom stereocenters. The van der Waals surface area contributed by atoms with E-state index in [9.17, 15) is 13.6 Å². The Bertz CT molecular complexity index is 1510. The molecule has 1 aromatic heterocycles. The molecule has 0 saturated heterocycles. The zero-order valence-corrected chi connectivity index (χ0v) is 26.6. The van der Waals surface area contributed by atoms with Crippen LogP contribution in [0.15, 0.2) is 60.8 Å². The van der Waals surface area contributed by atoms with Gasteiger partial charge < -0.3 is 19.5 Å². The van der Waals surface area contributed by atoms with Gasteiger partial charge in [-0.3, -0.25) is 4.98 Å². The molecule has 2 unspecified atom stereocenters. The largest absolute Gasteiger partial charge is 0.493 e. The molecule has 1 saturated carbocycles. The maximum absolute atomic E-state index is 13.3. The van der Waals surface area contributed by atoms with Crippen molar-refractivity contribution >= 4 is 23.3 Å². The van der Waals surface area contributed by atoms with E-state index >= 15 is 0 Å². The first-order valence-corrected chi connectivity index (χ1v) is 16.4. The summed E-state index contributed by atoms with van der Waals surface area (Å²) in [6.45, 7) is -0.189. The minimum Gasteiger partial charge on any atom is -0.493 e. The average molecular weight is 639 g/mol. The normalized spacial score (nSPS) is 26.3. The van der Waals surface area contributed by atoms with E-state index in [1.54, 1.807) is 12.3 Å². The van der Waals surface area contributed by atoms with Crippen molar-refractivity contribution in [3.05, 3.63) is 88.2 Å². The van der Waals surface area contributed by atoms with Crippen molar-refractivity contribution in [2.75, 3.05) is 19.0 Å². The third-order valence-electron chi connectivity index (χ3n) is 10.3. The molecular weight excluding hydrogens is 598 g/mol. The Hall–Kier alpha value is -3.23. The highest BCUT2D eigenvalue weighted by molar-refractivity contribution is 6.30. The van der Waals surface area contributed by atoms with Crippen molar-refractivity contribution in [2.45, 2.75) is 88.4 Å². The summed E-state index contributed by atoms with van der Waals surface area (Å²) >= 11 is 6.26. The average Bonchev–Trinajstić information content (AvgIpc) is 3.32. The number of aryl methyl sites for hydroxylation is 1. The molecule has 6 rings (SSSR count). The molecule has 45 heavy (non-hydrogen) atoms. The summed E-state index contributed by atoms with van der Waals surface area (Å²) in [6.07, 6.45) is 7.86. The lowest BCUT2D eigenvalue weighted by atomic mass is 9.59. The van der Waals surface area contributed by atoms with Crippen LogP contribution in [-0.2, 0) is 32.5 Å². The van der Waals surface area contributed by atoms with E-state index < -0.39 is 18.3 Å². The summed E-state index contributed by atoms with van der Waals surface area (Å²) in [7, 11) is 1.45. The monoisotopic (exact) mass is 638 g/mol. The number of carbonyl (C=O) groups excluding carboxylic acids is 1. The number of fused-ring (bicyclic) bond motifs is 3. The number of halogens is 3. The standard InChI is InChI=1S/C36H41ClF2N2O4/c1-23(22-44-30-13-18-40-29-11-6-12-31(32(29)30)45-34(38)39)19-25-20-24-7-3-4-10-28(24)35(25)14-16-36(17-15-35,33(42)43-2)41-27-9-5-8-26(37)21-27/h3-5,7-10,13,18,21,23,25,31,34,41H,6,11-12,14-17,19-20,22H2,1-2H3/t23-,25?,31?,35?,36?/m1/s1. The van der Waals surface area contributed by atoms with Gasteiger partial charge >= 0.3 is 12.6 Å². The van der Waals surface area contributed by atoms with Crippen LogP contribution in [0.1, 0.15) is 80.4 Å². The third-order valence-corrected chi connectivity index (χ3v) is 10.5. The Morgan fingerprint density at radius 2 is 1.91 bits per heavy atom. The zero-order chi connectivity index (χ0) is 31.6. The van der Waals surface area contributed by atoms with Gasteiger partial charge in [0.2, 0.25) is 0 Å². The van der Waals surface area contributed by atoms with Crippen LogP contribution in [0.2, 0.25) is 5.02 Å². The van der Waals surface area contributed by atoms with Gasteiger partial charge in [0.25, 0.3) is 0 Å². The maximum atomic E-state index is 13.3. The molecule has 0 amide bonds. The fourth-order valence-corrected chi connectivity index (χ4v) is 8.39. The number of hydrogen-bond acceptors (Lipinski definition) is 6. The van der Waals surface area contributed by atoms with E-state index in [2.05, 4.69) is 41.5 Å². The molecule has 1 heterocycles. The van der Waals surface area contributed by atoms with Gasteiger partial charge in [0.1, 0.15) is 11.3 Å². The van der Waals surface area contributed by atoms with Crippen LogP contribution in [0.3, 0.4) is 0 Å². The number of hydrogen-bond donors (Lipinski definition) is 1. The van der Waals surface area contributed by atoms with E-state index in [0.29, 0.717) is 48.1 Å². The van der Waals surface area contributed by atoms with Crippen molar-refractivity contribution < 1.29 is 27.8 Å². The molecule has 6 nitrogen and oxygen atoms in total. The molecular formula is C36H41ClF2N2O4. The Morgan fingerprint density at radius 3 is 2.67 bits per heavy atom. The topological polar surface area (TPSA) is 69.7 Å². The Balaban J connectivity index is 1.19. The third kappa shape index (κ3) is 6.41. The lowest BCUT2D eigenvalue weighted by Crippen LogP contribution is -2.53. The fourth-order valence-electron chi connectivity index (χ4n) is 8.20. The van der Waals surface area contributed by atoms with Crippen molar-refractivity contribution in [1.29, 1.82) is 0 Å². The van der Waals surface area contributed by atoms with Gasteiger partial charge in [-0.1, -0.05) is 48.9 Å². The highest BCUT2D eigenvalue weighted by Crippen LogP contribution is 2.56. The number of ether oxygens (including phenoxy) is 3. The molecule has 3 aromatic rings. The highest BCUT2D eigenvalue weighted by Gasteiger charge is 2.54. The predicted octanol–water partition coefficient (Wildman–Crippen LogP) is 8.46. The van der Waals surface area contributed by atoms with Gasteiger partial charge in [-0.2, -0.15) is 8.78 Å². The second kappa shape index (κ2) is 13.2. The number of rotatable bonds is 10. The number of benzene rings is 2. The first kappa shape index (κ1) is 31.7. The minimum atomic E-state index is -2.85. The zero-order valence-electron chi connectivity index (χ0n) is 25.9. The first-order valence-electron chi connectivity index (χ1n) is 16.0. The Labute approximate surface area is 268 Å². The number of carbonyl (C=O) groups is 1. The van der Waals surface area contributed by atoms with E-state index in [-0.39, 0.29) is 17.3 Å². The molecule has 1 fully saturated rings. The molecule has 0 aliphatic heterocycles. The van der Waals surface area contributed by atoms with E-state index in [0.717, 1.165) is 49.9 Å². The quantitative estimate of drug-likeness (QED) is 0.225. The van der Waals surface area contributed by atoms with Crippen LogP contribution in [0, 0.1) is 11.8 Å². The summed E-state index contributed by atoms with van der Waals surface area (Å²) in [4.78, 5) is 17.7. The predicted molar refractivity (Wildman–Crippen MR) is 170 cm³/mol. The Morgan fingerprint density at radius 1 is 1.11 bits per heavy atom. The lowest BCUT2D eigenvalue weighted by molar-refractivity contribution is -0.168. The van der Waals surface area contributed by atoms with Gasteiger partial charge in [0, 0.05) is 28.2 Å². The molecule has 0 radical (unpaired) electrons. The Kier molecular flexibility index (Phi) is 9.34. The molecule has 1 spiro atoms. The number of aromatic nitrogens is 1. The van der Waals surface area contributed by atoms with Gasteiger partial charge in [-0.25, -0.2) is 4.79 Å². The van der Waals surface area contributed by atoms with Gasteiger partial charge in [-0.05, 0) is 110 Å². The first-order chi connectivity index (χ1) is 21.7. The number of alkyl halides is 2. The van der Waals surface area contributed by atoms with Crippen LogP contribution in [0.4, 0.5) is 14.5 Å². The number of nitrogens with zero attached hydrogens (tertiary/aromatic N) is 1. The summed E-state index contributed by atoms with van der Waals surface area (Å²) in [6, 6.07) is 18.0. The van der Waals surface area contributed by atoms with Crippen LogP contribution >= 0.6 is 11.6 Å². The molecule has 0 bridgehead atoms. The number of nitrogens with one attached hydrogen (secondary N) is 1. The van der Waals surface area contributed by atoms with Crippen molar-refractivity contribution in [2.24, 2.45) is 11.8 Å². The summed E-state index contributed by atoms with van der Waals surface area (Å²) in [5.41, 5.74) is 4.11. The lowest BCUT2D eigenvalue weighted by Gasteiger charge is -2.47. The number of methoxy groups -OCH3 is 1. The molecule has 9 heteroatoms. The minimum absolute atomic E-state index is 0.0651. The van der Waals surface area contributed by atoms with Gasteiger partial charge in [0.05, 0.1) is 19.8 Å². The number of esters is 1. The summed E-state index contributed by atoms with van der Waals surface area (Å²) in [5, 5.41) is 4.12. The van der Waals surface area contributed by atoms with E-state index in [1.165, 1.54) is 18.2 Å². The molecule has 2 aromatic carbocycles. The van der Waals surface area contributed by atoms with Gasteiger partial charge in [-0.15, -0.1) is 0 Å². The SMILES string of the molecule is COC(=O)C1(Nc2cccc(Cl)c2)CCC2(CC1)c1ccccc1CC2C[C@@H](C)COc1ccnc2c1C(OC(F)F)CCC2. The van der Waals surface area contributed by atoms with E-state index in [1.807, 2.05) is 24.3 Å². The summed E-state index contributed by atoms with van der Waals surface area (Å²) in [5.74, 6) is 0.919. The van der Waals surface area contributed by atoms with Gasteiger partial charge in [0.15, 0.2) is 0 Å². The van der Waals surface area contributed by atoms with Crippen LogP contribution in [-0.4, -0.2) is 36.8 Å². The molecule has 3 aliphatic rings. The summed E-state index contributed by atoms with van der Waals surface area (Å²) < 4.78 is 43.0. The van der Waals surface area contributed by atoms with Crippen molar-refractivity contribution in [3.8, 4) is 5.75 Å². The maximum Gasteiger partial charge on any atom is 0.345 e.